The molecule has 0 bridgehead atoms. The lowest BCUT2D eigenvalue weighted by Gasteiger charge is -2.13. The molecule has 1 rings (SSSR count). The molecule has 90 valence electrons. The van der Waals surface area contributed by atoms with Crippen molar-refractivity contribution in [3.05, 3.63) is 22.8 Å². The number of ether oxygens (including phenoxy) is 1. The molecular formula is C13H20BrNO. The van der Waals surface area contributed by atoms with Gasteiger partial charge in [-0.1, -0.05) is 32.3 Å². The van der Waals surface area contributed by atoms with Gasteiger partial charge < -0.3 is 4.74 Å². The highest BCUT2D eigenvalue weighted by molar-refractivity contribution is 9.10. The SMILES string of the molecule is CCCCCCC(C)Oc1cccc(Br)n1. The van der Waals surface area contributed by atoms with Crippen LogP contribution >= 0.6 is 15.9 Å². The van der Waals surface area contributed by atoms with Crippen molar-refractivity contribution in [3.8, 4) is 5.88 Å². The van der Waals surface area contributed by atoms with E-state index < -0.39 is 0 Å². The Bertz CT molecular complexity index is 304. The van der Waals surface area contributed by atoms with Crippen LogP contribution in [0.15, 0.2) is 22.8 Å². The molecule has 16 heavy (non-hydrogen) atoms. The van der Waals surface area contributed by atoms with Gasteiger partial charge in [-0.25, -0.2) is 4.98 Å². The van der Waals surface area contributed by atoms with Gasteiger partial charge in [-0.15, -0.1) is 0 Å². The molecule has 0 aliphatic rings. The zero-order chi connectivity index (χ0) is 11.8. The van der Waals surface area contributed by atoms with Crippen molar-refractivity contribution in [2.75, 3.05) is 0 Å². The maximum Gasteiger partial charge on any atom is 0.214 e. The van der Waals surface area contributed by atoms with Crippen LogP contribution in [0.4, 0.5) is 0 Å². The van der Waals surface area contributed by atoms with Gasteiger partial charge in [0.25, 0.3) is 0 Å². The predicted octanol–water partition coefficient (Wildman–Crippen LogP) is 4.58. The first-order valence-corrected chi connectivity index (χ1v) is 6.81. The molecule has 0 saturated heterocycles. The zero-order valence-electron chi connectivity index (χ0n) is 10.1. The van der Waals surface area contributed by atoms with Crippen molar-refractivity contribution in [3.63, 3.8) is 0 Å². The summed E-state index contributed by atoms with van der Waals surface area (Å²) in [7, 11) is 0. The van der Waals surface area contributed by atoms with E-state index in [0.717, 1.165) is 11.0 Å². The predicted molar refractivity (Wildman–Crippen MR) is 70.8 cm³/mol. The second-order valence-corrected chi connectivity index (χ2v) is 4.89. The molecule has 1 heterocycles. The maximum atomic E-state index is 5.73. The number of nitrogens with zero attached hydrogens (tertiary/aromatic N) is 1. The Kier molecular flexibility index (Phi) is 6.46. The minimum absolute atomic E-state index is 0.249. The van der Waals surface area contributed by atoms with Crippen LogP contribution in [0.5, 0.6) is 5.88 Å². The van der Waals surface area contributed by atoms with Crippen molar-refractivity contribution in [2.24, 2.45) is 0 Å². The van der Waals surface area contributed by atoms with Gasteiger partial charge in [0.2, 0.25) is 5.88 Å². The summed E-state index contributed by atoms with van der Waals surface area (Å²) in [5.74, 6) is 0.706. The van der Waals surface area contributed by atoms with E-state index in [4.69, 9.17) is 4.74 Å². The number of unbranched alkanes of at least 4 members (excludes halogenated alkanes) is 3. The molecule has 1 unspecified atom stereocenters. The molecule has 2 nitrogen and oxygen atoms in total. The van der Waals surface area contributed by atoms with Gasteiger partial charge in [0.15, 0.2) is 0 Å². The quantitative estimate of drug-likeness (QED) is 0.540. The number of hydrogen-bond donors (Lipinski definition) is 0. The van der Waals surface area contributed by atoms with Crippen molar-refractivity contribution in [2.45, 2.75) is 52.1 Å². The van der Waals surface area contributed by atoms with Crippen molar-refractivity contribution >= 4 is 15.9 Å². The van der Waals surface area contributed by atoms with Gasteiger partial charge >= 0.3 is 0 Å². The molecule has 0 aromatic carbocycles. The van der Waals surface area contributed by atoms with Crippen molar-refractivity contribution in [1.82, 2.24) is 4.98 Å². The van der Waals surface area contributed by atoms with Gasteiger partial charge in [0.05, 0.1) is 6.10 Å². The molecule has 0 saturated carbocycles. The molecule has 3 heteroatoms. The number of pyridine rings is 1. The van der Waals surface area contributed by atoms with Gasteiger partial charge in [0.1, 0.15) is 4.60 Å². The zero-order valence-corrected chi connectivity index (χ0v) is 11.7. The molecular weight excluding hydrogens is 266 g/mol. The van der Waals surface area contributed by atoms with E-state index in [9.17, 15) is 0 Å². The van der Waals surface area contributed by atoms with Crippen LogP contribution < -0.4 is 4.74 Å². The van der Waals surface area contributed by atoms with Crippen LogP contribution in [0.25, 0.3) is 0 Å². The van der Waals surface area contributed by atoms with Crippen molar-refractivity contribution in [1.29, 1.82) is 0 Å². The molecule has 1 aromatic heterocycles. The molecule has 0 aliphatic carbocycles. The van der Waals surface area contributed by atoms with Gasteiger partial charge in [-0.3, -0.25) is 0 Å². The molecule has 0 N–H and O–H groups in total. The largest absolute Gasteiger partial charge is 0.475 e. The van der Waals surface area contributed by atoms with E-state index in [1.165, 1.54) is 25.7 Å². The molecule has 0 amide bonds. The molecule has 1 atom stereocenters. The smallest absolute Gasteiger partial charge is 0.214 e. The highest BCUT2D eigenvalue weighted by Gasteiger charge is 2.04. The maximum absolute atomic E-state index is 5.73. The number of rotatable bonds is 7. The summed E-state index contributed by atoms with van der Waals surface area (Å²) in [6.07, 6.45) is 6.50. The second-order valence-electron chi connectivity index (χ2n) is 4.08. The van der Waals surface area contributed by atoms with E-state index in [0.29, 0.717) is 5.88 Å². The van der Waals surface area contributed by atoms with Crippen LogP contribution in [0, 0.1) is 0 Å². The van der Waals surface area contributed by atoms with Crippen LogP contribution in [0.3, 0.4) is 0 Å². The Morgan fingerprint density at radius 2 is 2.12 bits per heavy atom. The topological polar surface area (TPSA) is 22.1 Å². The number of aromatic nitrogens is 1. The van der Waals surface area contributed by atoms with Crippen LogP contribution in [-0.4, -0.2) is 11.1 Å². The summed E-state index contributed by atoms with van der Waals surface area (Å²) < 4.78 is 6.56. The first-order chi connectivity index (χ1) is 7.72. The van der Waals surface area contributed by atoms with Gasteiger partial charge in [-0.05, 0) is 41.8 Å². The van der Waals surface area contributed by atoms with E-state index in [-0.39, 0.29) is 6.10 Å². The molecule has 0 fully saturated rings. The summed E-state index contributed by atoms with van der Waals surface area (Å²) >= 11 is 3.33. The standard InChI is InChI=1S/C13H20BrNO/c1-3-4-5-6-8-11(2)16-13-10-7-9-12(14)15-13/h7,9-11H,3-6,8H2,1-2H3. The Morgan fingerprint density at radius 1 is 1.31 bits per heavy atom. The summed E-state index contributed by atoms with van der Waals surface area (Å²) in [5.41, 5.74) is 0. The lowest BCUT2D eigenvalue weighted by Crippen LogP contribution is -2.12. The molecule has 0 spiro atoms. The summed E-state index contributed by atoms with van der Waals surface area (Å²) in [5, 5.41) is 0. The van der Waals surface area contributed by atoms with Crippen molar-refractivity contribution < 1.29 is 4.74 Å². The average Bonchev–Trinajstić information content (AvgIpc) is 2.24. The summed E-state index contributed by atoms with van der Waals surface area (Å²) in [4.78, 5) is 4.25. The van der Waals surface area contributed by atoms with Crippen LogP contribution in [-0.2, 0) is 0 Å². The first kappa shape index (κ1) is 13.5. The molecule has 0 aliphatic heterocycles. The Hall–Kier alpha value is -0.570. The van der Waals surface area contributed by atoms with E-state index in [1.54, 1.807) is 0 Å². The third-order valence-electron chi connectivity index (χ3n) is 2.48. The third-order valence-corrected chi connectivity index (χ3v) is 2.92. The van der Waals surface area contributed by atoms with E-state index in [1.807, 2.05) is 18.2 Å². The molecule has 1 aromatic rings. The fourth-order valence-corrected chi connectivity index (χ4v) is 1.91. The normalized spacial score (nSPS) is 12.4. The monoisotopic (exact) mass is 285 g/mol. The fourth-order valence-electron chi connectivity index (χ4n) is 1.58. The Balaban J connectivity index is 2.25. The fraction of sp³-hybridized carbons (Fsp3) is 0.615. The lowest BCUT2D eigenvalue weighted by atomic mass is 10.1. The molecule has 0 radical (unpaired) electrons. The van der Waals surface area contributed by atoms with Gasteiger partial charge in [-0.2, -0.15) is 0 Å². The second kappa shape index (κ2) is 7.66. The Morgan fingerprint density at radius 3 is 2.81 bits per heavy atom. The van der Waals surface area contributed by atoms with E-state index >= 15 is 0 Å². The highest BCUT2D eigenvalue weighted by atomic mass is 79.9. The number of halogens is 1. The minimum atomic E-state index is 0.249. The summed E-state index contributed by atoms with van der Waals surface area (Å²) in [6, 6.07) is 5.74. The average molecular weight is 286 g/mol. The summed E-state index contributed by atoms with van der Waals surface area (Å²) in [6.45, 7) is 4.33. The first-order valence-electron chi connectivity index (χ1n) is 6.01. The lowest BCUT2D eigenvalue weighted by molar-refractivity contribution is 0.198. The van der Waals surface area contributed by atoms with Crippen LogP contribution in [0.2, 0.25) is 0 Å². The van der Waals surface area contributed by atoms with E-state index in [2.05, 4.69) is 34.8 Å². The third kappa shape index (κ3) is 5.50. The van der Waals surface area contributed by atoms with Crippen LogP contribution in [0.1, 0.15) is 46.0 Å². The minimum Gasteiger partial charge on any atom is -0.475 e. The number of hydrogen-bond acceptors (Lipinski definition) is 2. The van der Waals surface area contributed by atoms with Gasteiger partial charge in [0, 0.05) is 6.07 Å². The Labute approximate surface area is 107 Å². The highest BCUT2D eigenvalue weighted by Crippen LogP contribution is 2.15.